The number of para-hydroxylation sites is 1. The van der Waals surface area contributed by atoms with Crippen LogP contribution in [0.15, 0.2) is 30.5 Å². The Hall–Kier alpha value is -1.65. The molecule has 1 aliphatic heterocycles. The van der Waals surface area contributed by atoms with Crippen molar-refractivity contribution in [2.24, 2.45) is 5.73 Å². The SMILES string of the molecule is CN1CCCC1CCOc1c(CN)cnc2ccccc12. The fraction of sp³-hybridized carbons (Fsp3) is 0.471. The summed E-state index contributed by atoms with van der Waals surface area (Å²) in [6, 6.07) is 8.72. The van der Waals surface area contributed by atoms with Gasteiger partial charge in [-0.25, -0.2) is 0 Å². The van der Waals surface area contributed by atoms with Gasteiger partial charge in [-0.1, -0.05) is 12.1 Å². The summed E-state index contributed by atoms with van der Waals surface area (Å²) in [6.07, 6.45) is 5.48. The number of pyridine rings is 1. The van der Waals surface area contributed by atoms with Crippen molar-refractivity contribution in [2.75, 3.05) is 20.2 Å². The summed E-state index contributed by atoms with van der Waals surface area (Å²) in [5.41, 5.74) is 7.77. The third kappa shape index (κ3) is 3.01. The first-order valence-corrected chi connectivity index (χ1v) is 7.69. The van der Waals surface area contributed by atoms with Crippen LogP contribution in [0.25, 0.3) is 10.9 Å². The quantitative estimate of drug-likeness (QED) is 0.917. The van der Waals surface area contributed by atoms with Gasteiger partial charge in [-0.15, -0.1) is 0 Å². The molecule has 0 amide bonds. The van der Waals surface area contributed by atoms with Crippen LogP contribution in [0.4, 0.5) is 0 Å². The molecule has 1 saturated heterocycles. The third-order valence-corrected chi connectivity index (χ3v) is 4.39. The van der Waals surface area contributed by atoms with Crippen molar-refractivity contribution in [2.45, 2.75) is 31.8 Å². The highest BCUT2D eigenvalue weighted by molar-refractivity contribution is 5.86. The summed E-state index contributed by atoms with van der Waals surface area (Å²) in [5, 5.41) is 1.06. The van der Waals surface area contributed by atoms with Crippen LogP contribution in [-0.2, 0) is 6.54 Å². The fourth-order valence-electron chi connectivity index (χ4n) is 3.11. The number of rotatable bonds is 5. The van der Waals surface area contributed by atoms with Gasteiger partial charge >= 0.3 is 0 Å². The predicted octanol–water partition coefficient (Wildman–Crippen LogP) is 2.56. The maximum Gasteiger partial charge on any atom is 0.134 e. The van der Waals surface area contributed by atoms with Crippen molar-refractivity contribution in [3.63, 3.8) is 0 Å². The molecule has 1 fully saturated rings. The fourth-order valence-corrected chi connectivity index (χ4v) is 3.11. The molecule has 4 heteroatoms. The van der Waals surface area contributed by atoms with Gasteiger partial charge in [-0.2, -0.15) is 0 Å². The Morgan fingerprint density at radius 3 is 3.00 bits per heavy atom. The number of hydrogen-bond acceptors (Lipinski definition) is 4. The van der Waals surface area contributed by atoms with Crippen LogP contribution in [-0.4, -0.2) is 36.1 Å². The second-order valence-electron chi connectivity index (χ2n) is 5.75. The number of ether oxygens (including phenoxy) is 1. The van der Waals surface area contributed by atoms with E-state index in [0.717, 1.165) is 35.2 Å². The Kier molecular flexibility index (Phi) is 4.36. The second-order valence-corrected chi connectivity index (χ2v) is 5.75. The highest BCUT2D eigenvalue weighted by Gasteiger charge is 2.20. The lowest BCUT2D eigenvalue weighted by Crippen LogP contribution is -2.26. The van der Waals surface area contributed by atoms with Crippen molar-refractivity contribution in [1.82, 2.24) is 9.88 Å². The van der Waals surface area contributed by atoms with Crippen LogP contribution in [0, 0.1) is 0 Å². The molecule has 1 aliphatic rings. The van der Waals surface area contributed by atoms with Gasteiger partial charge in [0.25, 0.3) is 0 Å². The molecule has 0 radical (unpaired) electrons. The first-order chi connectivity index (χ1) is 10.3. The van der Waals surface area contributed by atoms with Crippen LogP contribution in [0.1, 0.15) is 24.8 Å². The van der Waals surface area contributed by atoms with Crippen molar-refractivity contribution in [3.05, 3.63) is 36.0 Å². The van der Waals surface area contributed by atoms with E-state index in [1.165, 1.54) is 19.4 Å². The molecule has 21 heavy (non-hydrogen) atoms. The molecule has 1 aromatic heterocycles. The number of nitrogens with two attached hydrogens (primary N) is 1. The lowest BCUT2D eigenvalue weighted by Gasteiger charge is -2.20. The molecule has 2 N–H and O–H groups in total. The smallest absolute Gasteiger partial charge is 0.134 e. The average Bonchev–Trinajstić information content (AvgIpc) is 2.93. The zero-order valence-corrected chi connectivity index (χ0v) is 12.6. The van der Waals surface area contributed by atoms with E-state index in [9.17, 15) is 0 Å². The number of fused-ring (bicyclic) bond motifs is 1. The highest BCUT2D eigenvalue weighted by Crippen LogP contribution is 2.28. The first-order valence-electron chi connectivity index (χ1n) is 7.69. The predicted molar refractivity (Wildman–Crippen MR) is 85.4 cm³/mol. The maximum atomic E-state index is 6.10. The van der Waals surface area contributed by atoms with Crippen molar-refractivity contribution in [3.8, 4) is 5.75 Å². The largest absolute Gasteiger partial charge is 0.492 e. The van der Waals surface area contributed by atoms with Crippen LogP contribution < -0.4 is 10.5 Å². The second kappa shape index (κ2) is 6.41. The van der Waals surface area contributed by atoms with Crippen LogP contribution >= 0.6 is 0 Å². The zero-order chi connectivity index (χ0) is 14.7. The van der Waals surface area contributed by atoms with Gasteiger partial charge in [-0.3, -0.25) is 4.98 Å². The molecule has 112 valence electrons. The number of hydrogen-bond donors (Lipinski definition) is 1. The lowest BCUT2D eigenvalue weighted by molar-refractivity contribution is 0.233. The topological polar surface area (TPSA) is 51.4 Å². The molecule has 3 rings (SSSR count). The molecule has 0 spiro atoms. The number of benzene rings is 1. The first kappa shape index (κ1) is 14.3. The Morgan fingerprint density at radius 2 is 2.24 bits per heavy atom. The van der Waals surface area contributed by atoms with E-state index in [-0.39, 0.29) is 0 Å². The summed E-state index contributed by atoms with van der Waals surface area (Å²) < 4.78 is 6.10. The molecule has 4 nitrogen and oxygen atoms in total. The number of likely N-dealkylation sites (tertiary alicyclic amines) is 1. The molecular weight excluding hydrogens is 262 g/mol. The van der Waals surface area contributed by atoms with Gasteiger partial charge in [0, 0.05) is 29.7 Å². The monoisotopic (exact) mass is 285 g/mol. The van der Waals surface area contributed by atoms with Gasteiger partial charge in [-0.05, 0) is 45.0 Å². The highest BCUT2D eigenvalue weighted by atomic mass is 16.5. The lowest BCUT2D eigenvalue weighted by atomic mass is 10.1. The summed E-state index contributed by atoms with van der Waals surface area (Å²) in [5.74, 6) is 0.906. The molecule has 1 unspecified atom stereocenters. The Balaban J connectivity index is 1.75. The molecule has 0 bridgehead atoms. The maximum absolute atomic E-state index is 6.10. The van der Waals surface area contributed by atoms with E-state index in [1.54, 1.807) is 0 Å². The summed E-state index contributed by atoms with van der Waals surface area (Å²) >= 11 is 0. The van der Waals surface area contributed by atoms with Gasteiger partial charge in [0.15, 0.2) is 0 Å². The molecule has 2 heterocycles. The third-order valence-electron chi connectivity index (χ3n) is 4.39. The van der Waals surface area contributed by atoms with E-state index in [2.05, 4.69) is 23.0 Å². The van der Waals surface area contributed by atoms with E-state index in [1.807, 2.05) is 24.4 Å². The summed E-state index contributed by atoms with van der Waals surface area (Å²) in [4.78, 5) is 6.87. The zero-order valence-electron chi connectivity index (χ0n) is 12.6. The normalized spacial score (nSPS) is 19.2. The Morgan fingerprint density at radius 1 is 1.38 bits per heavy atom. The van der Waals surface area contributed by atoms with Crippen LogP contribution in [0.2, 0.25) is 0 Å². The minimum Gasteiger partial charge on any atom is -0.492 e. The van der Waals surface area contributed by atoms with Crippen molar-refractivity contribution >= 4 is 10.9 Å². The summed E-state index contributed by atoms with van der Waals surface area (Å²) in [7, 11) is 2.20. The van der Waals surface area contributed by atoms with E-state index >= 15 is 0 Å². The molecule has 0 aliphatic carbocycles. The van der Waals surface area contributed by atoms with Crippen molar-refractivity contribution in [1.29, 1.82) is 0 Å². The Labute approximate surface area is 125 Å². The van der Waals surface area contributed by atoms with E-state index in [4.69, 9.17) is 10.5 Å². The minimum absolute atomic E-state index is 0.455. The average molecular weight is 285 g/mol. The van der Waals surface area contributed by atoms with Crippen molar-refractivity contribution < 1.29 is 4.74 Å². The van der Waals surface area contributed by atoms with Crippen LogP contribution in [0.5, 0.6) is 5.75 Å². The van der Waals surface area contributed by atoms with Gasteiger partial charge in [0.1, 0.15) is 5.75 Å². The van der Waals surface area contributed by atoms with E-state index < -0.39 is 0 Å². The number of nitrogens with zero attached hydrogens (tertiary/aromatic N) is 2. The molecular formula is C17H23N3O. The van der Waals surface area contributed by atoms with Crippen LogP contribution in [0.3, 0.4) is 0 Å². The summed E-state index contributed by atoms with van der Waals surface area (Å²) in [6.45, 7) is 2.39. The molecule has 2 aromatic rings. The van der Waals surface area contributed by atoms with E-state index in [0.29, 0.717) is 12.6 Å². The van der Waals surface area contributed by atoms with Gasteiger partial charge < -0.3 is 15.4 Å². The number of aromatic nitrogens is 1. The van der Waals surface area contributed by atoms with Gasteiger partial charge in [0.05, 0.1) is 12.1 Å². The Bertz CT molecular complexity index is 614. The standard InChI is InChI=1S/C17H23N3O/c1-20-9-4-5-14(20)8-10-21-17-13(11-18)12-19-16-7-3-2-6-15(16)17/h2-3,6-7,12,14H,4-5,8-11,18H2,1H3. The molecule has 1 aromatic carbocycles. The molecule has 0 saturated carbocycles. The minimum atomic E-state index is 0.455. The molecule has 1 atom stereocenters. The van der Waals surface area contributed by atoms with Gasteiger partial charge in [0.2, 0.25) is 0 Å².